The maximum atomic E-state index is 13.5. The van der Waals surface area contributed by atoms with Gasteiger partial charge >= 0.3 is 0 Å². The Bertz CT molecular complexity index is 1590. The highest BCUT2D eigenvalue weighted by Gasteiger charge is 2.45. The van der Waals surface area contributed by atoms with Gasteiger partial charge < -0.3 is 9.52 Å². The number of sulfonamides is 1. The van der Waals surface area contributed by atoms with Crippen LogP contribution in [0.1, 0.15) is 21.5 Å². The molecule has 1 aliphatic rings. The fourth-order valence-electron chi connectivity index (χ4n) is 3.87. The minimum Gasteiger partial charge on any atom is -0.503 e. The lowest BCUT2D eigenvalue weighted by Crippen LogP contribution is -2.30. The van der Waals surface area contributed by atoms with E-state index in [1.54, 1.807) is 41.8 Å². The van der Waals surface area contributed by atoms with Gasteiger partial charge in [0.05, 0.1) is 10.5 Å². The number of hydrogen-bond donors (Lipinski definition) is 2. The summed E-state index contributed by atoms with van der Waals surface area (Å²) in [5.74, 6) is -2.12. The zero-order valence-electron chi connectivity index (χ0n) is 17.1. The van der Waals surface area contributed by atoms with Crippen LogP contribution in [0.2, 0.25) is 0 Å². The quantitative estimate of drug-likeness (QED) is 0.341. The summed E-state index contributed by atoms with van der Waals surface area (Å²) in [7, 11) is -3.93. The third-order valence-electron chi connectivity index (χ3n) is 5.41. The van der Waals surface area contributed by atoms with E-state index in [0.717, 1.165) is 4.47 Å². The summed E-state index contributed by atoms with van der Waals surface area (Å²) < 4.78 is 29.8. The standard InChI is InChI=1S/C23H15BrN2O6S2/c24-13-3-8-16-12(10-13)11-17(32-16)21(27)19-20(18-2-1-9-33-18)26(23(29)22(19)28)14-4-6-15(7-5-14)34(25,30)31/h1-11,20,28H,(H2,25,30,31). The molecule has 1 unspecified atom stereocenters. The first-order chi connectivity index (χ1) is 16.1. The fraction of sp³-hybridized carbons (Fsp3) is 0.0435. The Morgan fingerprint density at radius 3 is 2.50 bits per heavy atom. The molecule has 2 aromatic carbocycles. The van der Waals surface area contributed by atoms with Gasteiger partial charge in [0.15, 0.2) is 11.5 Å². The molecule has 1 atom stereocenters. The van der Waals surface area contributed by atoms with Gasteiger partial charge in [-0.15, -0.1) is 11.3 Å². The summed E-state index contributed by atoms with van der Waals surface area (Å²) in [5.41, 5.74) is 0.652. The van der Waals surface area contributed by atoms with Gasteiger partial charge in [-0.05, 0) is 60.0 Å². The number of ketones is 1. The summed E-state index contributed by atoms with van der Waals surface area (Å²) in [6, 6.07) is 14.7. The summed E-state index contributed by atoms with van der Waals surface area (Å²) in [6.07, 6.45) is 0. The second kappa shape index (κ2) is 8.20. The summed E-state index contributed by atoms with van der Waals surface area (Å²) in [5, 5.41) is 18.4. The van der Waals surface area contributed by atoms with Crippen molar-refractivity contribution in [1.29, 1.82) is 0 Å². The molecule has 3 heterocycles. The Morgan fingerprint density at radius 2 is 1.85 bits per heavy atom. The lowest BCUT2D eigenvalue weighted by atomic mass is 10.00. The van der Waals surface area contributed by atoms with Crippen LogP contribution in [0.15, 0.2) is 91.2 Å². The molecule has 3 N–H and O–H groups in total. The van der Waals surface area contributed by atoms with Crippen molar-refractivity contribution in [2.45, 2.75) is 10.9 Å². The van der Waals surface area contributed by atoms with Crippen LogP contribution in [0, 0.1) is 0 Å². The molecule has 0 fully saturated rings. The number of aliphatic hydroxyl groups is 1. The largest absolute Gasteiger partial charge is 0.503 e. The zero-order valence-corrected chi connectivity index (χ0v) is 20.4. The maximum absolute atomic E-state index is 13.5. The Kier molecular flexibility index (Phi) is 5.44. The molecular formula is C23H15BrN2O6S2. The number of carbonyl (C=O) groups is 2. The maximum Gasteiger partial charge on any atom is 0.294 e. The first-order valence-corrected chi connectivity index (χ1v) is 13.0. The van der Waals surface area contributed by atoms with Crippen LogP contribution in [0.25, 0.3) is 11.0 Å². The van der Waals surface area contributed by atoms with Crippen molar-refractivity contribution < 1.29 is 27.5 Å². The van der Waals surface area contributed by atoms with Crippen molar-refractivity contribution in [2.24, 2.45) is 5.14 Å². The van der Waals surface area contributed by atoms with Crippen LogP contribution in [-0.4, -0.2) is 25.2 Å². The number of fused-ring (bicyclic) bond motifs is 1. The first kappa shape index (κ1) is 22.5. The van der Waals surface area contributed by atoms with Crippen molar-refractivity contribution in [3.8, 4) is 0 Å². The van der Waals surface area contributed by atoms with Gasteiger partial charge in [-0.2, -0.15) is 0 Å². The van der Waals surface area contributed by atoms with Crippen molar-refractivity contribution in [2.75, 3.05) is 4.90 Å². The van der Waals surface area contributed by atoms with Crippen LogP contribution in [0.4, 0.5) is 5.69 Å². The van der Waals surface area contributed by atoms with E-state index in [-0.39, 0.29) is 16.2 Å². The molecule has 11 heteroatoms. The van der Waals surface area contributed by atoms with Crippen LogP contribution in [0.3, 0.4) is 0 Å². The molecule has 0 saturated carbocycles. The number of aliphatic hydroxyl groups excluding tert-OH is 1. The van der Waals surface area contributed by atoms with E-state index < -0.39 is 33.5 Å². The van der Waals surface area contributed by atoms with Crippen LogP contribution in [-0.2, 0) is 14.8 Å². The van der Waals surface area contributed by atoms with E-state index in [2.05, 4.69) is 15.9 Å². The van der Waals surface area contributed by atoms with Crippen molar-refractivity contribution >= 4 is 65.6 Å². The first-order valence-electron chi connectivity index (χ1n) is 9.82. The number of benzene rings is 2. The number of nitrogens with zero attached hydrogens (tertiary/aromatic N) is 1. The number of furan rings is 1. The summed E-state index contributed by atoms with van der Waals surface area (Å²) in [6.45, 7) is 0. The van der Waals surface area contributed by atoms with Gasteiger partial charge in [-0.3, -0.25) is 14.5 Å². The van der Waals surface area contributed by atoms with Crippen molar-refractivity contribution in [1.82, 2.24) is 0 Å². The molecule has 8 nitrogen and oxygen atoms in total. The van der Waals surface area contributed by atoms with E-state index in [0.29, 0.717) is 21.5 Å². The van der Waals surface area contributed by atoms with Gasteiger partial charge in [0, 0.05) is 20.4 Å². The van der Waals surface area contributed by atoms with Gasteiger partial charge in [0.2, 0.25) is 15.8 Å². The molecular weight excluding hydrogens is 544 g/mol. The molecule has 5 rings (SSSR count). The van der Waals surface area contributed by atoms with Crippen LogP contribution in [0.5, 0.6) is 0 Å². The monoisotopic (exact) mass is 558 g/mol. The molecule has 1 aliphatic heterocycles. The lowest BCUT2D eigenvalue weighted by molar-refractivity contribution is -0.117. The zero-order chi connectivity index (χ0) is 24.2. The van der Waals surface area contributed by atoms with Gasteiger partial charge in [-0.25, -0.2) is 13.6 Å². The predicted molar refractivity (Wildman–Crippen MR) is 130 cm³/mol. The van der Waals surface area contributed by atoms with Crippen molar-refractivity contribution in [3.05, 3.63) is 92.5 Å². The Balaban J connectivity index is 1.61. The average molecular weight is 559 g/mol. The Labute approximate surface area is 206 Å². The molecule has 0 spiro atoms. The SMILES string of the molecule is NS(=O)(=O)c1ccc(N2C(=O)C(O)=C(C(=O)c3cc4cc(Br)ccc4o3)C2c2cccs2)cc1. The highest BCUT2D eigenvalue weighted by Crippen LogP contribution is 2.43. The van der Waals surface area contributed by atoms with E-state index in [9.17, 15) is 23.1 Å². The highest BCUT2D eigenvalue weighted by molar-refractivity contribution is 9.10. The third-order valence-corrected chi connectivity index (χ3v) is 7.76. The summed E-state index contributed by atoms with van der Waals surface area (Å²) >= 11 is 4.69. The van der Waals surface area contributed by atoms with Gasteiger partial charge in [0.1, 0.15) is 11.6 Å². The van der Waals surface area contributed by atoms with E-state index in [4.69, 9.17) is 9.56 Å². The van der Waals surface area contributed by atoms with Crippen LogP contribution < -0.4 is 10.0 Å². The number of hydrogen-bond acceptors (Lipinski definition) is 7. The number of primary sulfonamides is 1. The molecule has 0 radical (unpaired) electrons. The lowest BCUT2D eigenvalue weighted by Gasteiger charge is -2.25. The molecule has 0 bridgehead atoms. The summed E-state index contributed by atoms with van der Waals surface area (Å²) in [4.78, 5) is 28.4. The van der Waals surface area contributed by atoms with Crippen LogP contribution >= 0.6 is 27.3 Å². The minimum absolute atomic E-state index is 0.0181. The van der Waals surface area contributed by atoms with E-state index in [1.807, 2.05) is 0 Å². The predicted octanol–water partition coefficient (Wildman–Crippen LogP) is 4.69. The van der Waals surface area contributed by atoms with E-state index >= 15 is 0 Å². The molecule has 0 aliphatic carbocycles. The molecule has 0 saturated heterocycles. The number of Topliss-reactive ketones (excluding diaryl/α,β-unsaturated/α-hetero) is 1. The average Bonchev–Trinajstić information content (AvgIpc) is 3.52. The smallest absolute Gasteiger partial charge is 0.294 e. The topological polar surface area (TPSA) is 131 Å². The number of nitrogens with two attached hydrogens (primary N) is 1. The van der Waals surface area contributed by atoms with Gasteiger partial charge in [0.25, 0.3) is 5.91 Å². The number of thiophene rings is 1. The number of carbonyl (C=O) groups excluding carboxylic acids is 2. The van der Waals surface area contributed by atoms with Crippen molar-refractivity contribution in [3.63, 3.8) is 0 Å². The molecule has 2 aromatic heterocycles. The molecule has 1 amide bonds. The second-order valence-electron chi connectivity index (χ2n) is 7.52. The molecule has 34 heavy (non-hydrogen) atoms. The number of halogens is 1. The second-order valence-corrected chi connectivity index (χ2v) is 11.0. The molecule has 172 valence electrons. The Hall–Kier alpha value is -3.25. The highest BCUT2D eigenvalue weighted by atomic mass is 79.9. The van der Waals surface area contributed by atoms with Gasteiger partial charge in [-0.1, -0.05) is 22.0 Å². The number of anilines is 1. The Morgan fingerprint density at radius 1 is 1.12 bits per heavy atom. The fourth-order valence-corrected chi connectivity index (χ4v) is 5.59. The third kappa shape index (κ3) is 3.76. The van der Waals surface area contributed by atoms with E-state index in [1.165, 1.54) is 40.5 Å². The normalized spacial score (nSPS) is 16.6. The number of amides is 1. The molecule has 4 aromatic rings. The minimum atomic E-state index is -3.93. The number of rotatable bonds is 5.